The molecule has 5 heteroatoms. The molecule has 20 heavy (non-hydrogen) atoms. The van der Waals surface area contributed by atoms with E-state index in [0.717, 1.165) is 30.5 Å². The number of aliphatic hydroxyl groups is 1. The molecule has 1 amide bonds. The molecule has 1 unspecified atom stereocenters. The zero-order valence-electron chi connectivity index (χ0n) is 12.6. The SMILES string of the molecule is CCCC(CCO)CNC(=O)/C=C/c1cnn(C)c1C. The molecule has 1 aromatic heterocycles. The van der Waals surface area contributed by atoms with Crippen LogP contribution in [0, 0.1) is 12.8 Å². The Hall–Kier alpha value is -1.62. The average molecular weight is 279 g/mol. The molecule has 0 radical (unpaired) electrons. The van der Waals surface area contributed by atoms with E-state index in [9.17, 15) is 4.79 Å². The molecular weight excluding hydrogens is 254 g/mol. The molecule has 1 atom stereocenters. The molecular formula is C15H25N3O2. The first-order valence-electron chi connectivity index (χ1n) is 7.13. The van der Waals surface area contributed by atoms with Gasteiger partial charge in [-0.3, -0.25) is 9.48 Å². The van der Waals surface area contributed by atoms with E-state index in [4.69, 9.17) is 5.11 Å². The predicted octanol–water partition coefficient (Wildman–Crippen LogP) is 1.66. The van der Waals surface area contributed by atoms with E-state index >= 15 is 0 Å². The van der Waals surface area contributed by atoms with Crippen molar-refractivity contribution >= 4 is 12.0 Å². The number of hydrogen-bond donors (Lipinski definition) is 2. The molecule has 0 aliphatic heterocycles. The molecule has 0 saturated heterocycles. The summed E-state index contributed by atoms with van der Waals surface area (Å²) in [7, 11) is 1.87. The van der Waals surface area contributed by atoms with Gasteiger partial charge >= 0.3 is 0 Å². The van der Waals surface area contributed by atoms with Crippen molar-refractivity contribution in [3.8, 4) is 0 Å². The first kappa shape index (κ1) is 16.4. The monoisotopic (exact) mass is 279 g/mol. The number of nitrogens with zero attached hydrogens (tertiary/aromatic N) is 2. The minimum atomic E-state index is -0.104. The average Bonchev–Trinajstić information content (AvgIpc) is 2.74. The zero-order valence-corrected chi connectivity index (χ0v) is 12.6. The summed E-state index contributed by atoms with van der Waals surface area (Å²) in [6, 6.07) is 0. The zero-order chi connectivity index (χ0) is 15.0. The van der Waals surface area contributed by atoms with E-state index in [1.807, 2.05) is 14.0 Å². The molecule has 0 fully saturated rings. The van der Waals surface area contributed by atoms with Crippen molar-refractivity contribution in [2.45, 2.75) is 33.1 Å². The molecule has 2 N–H and O–H groups in total. The standard InChI is InChI=1S/C15H25N3O2/c1-4-5-13(8-9-19)10-16-15(20)7-6-14-11-17-18(3)12(14)2/h6-7,11,13,19H,4-5,8-10H2,1-3H3,(H,16,20)/b7-6+. The number of aromatic nitrogens is 2. The van der Waals surface area contributed by atoms with Crippen LogP contribution in [0.25, 0.3) is 6.08 Å². The van der Waals surface area contributed by atoms with Crippen molar-refractivity contribution < 1.29 is 9.90 Å². The molecule has 1 rings (SSSR count). The molecule has 0 aliphatic carbocycles. The van der Waals surface area contributed by atoms with E-state index in [2.05, 4.69) is 17.3 Å². The quantitative estimate of drug-likeness (QED) is 0.711. The third-order valence-corrected chi connectivity index (χ3v) is 3.49. The lowest BCUT2D eigenvalue weighted by atomic mass is 10.0. The van der Waals surface area contributed by atoms with Gasteiger partial charge in [0.2, 0.25) is 5.91 Å². The predicted molar refractivity (Wildman–Crippen MR) is 80.1 cm³/mol. The first-order chi connectivity index (χ1) is 9.58. The lowest BCUT2D eigenvalue weighted by Crippen LogP contribution is -2.28. The van der Waals surface area contributed by atoms with Gasteiger partial charge in [0, 0.05) is 37.5 Å². The number of aryl methyl sites for hydroxylation is 1. The van der Waals surface area contributed by atoms with Crippen molar-refractivity contribution in [2.24, 2.45) is 13.0 Å². The Morgan fingerprint density at radius 1 is 1.55 bits per heavy atom. The molecule has 1 aromatic rings. The number of nitrogens with one attached hydrogen (secondary N) is 1. The van der Waals surface area contributed by atoms with Crippen molar-refractivity contribution in [3.05, 3.63) is 23.5 Å². The molecule has 112 valence electrons. The van der Waals surface area contributed by atoms with Gasteiger partial charge in [-0.15, -0.1) is 0 Å². The number of aliphatic hydroxyl groups excluding tert-OH is 1. The second kappa shape index (κ2) is 8.53. The van der Waals surface area contributed by atoms with Crippen molar-refractivity contribution in [1.82, 2.24) is 15.1 Å². The van der Waals surface area contributed by atoms with Crippen LogP contribution in [-0.4, -0.2) is 33.9 Å². The van der Waals surface area contributed by atoms with Gasteiger partial charge in [-0.25, -0.2) is 0 Å². The molecule has 0 aliphatic rings. The van der Waals surface area contributed by atoms with Gasteiger partial charge in [0.1, 0.15) is 0 Å². The van der Waals surface area contributed by atoms with Gasteiger partial charge in [0.05, 0.1) is 6.20 Å². The maximum absolute atomic E-state index is 11.8. The summed E-state index contributed by atoms with van der Waals surface area (Å²) in [4.78, 5) is 11.8. The summed E-state index contributed by atoms with van der Waals surface area (Å²) in [6.45, 7) is 4.86. The number of carbonyl (C=O) groups excluding carboxylic acids is 1. The number of rotatable bonds is 8. The van der Waals surface area contributed by atoms with Crippen LogP contribution in [0.2, 0.25) is 0 Å². The second-order valence-corrected chi connectivity index (χ2v) is 5.05. The van der Waals surface area contributed by atoms with Gasteiger partial charge in [-0.05, 0) is 31.8 Å². The summed E-state index contributed by atoms with van der Waals surface area (Å²) < 4.78 is 1.77. The Morgan fingerprint density at radius 2 is 2.30 bits per heavy atom. The van der Waals surface area contributed by atoms with Gasteiger partial charge in [0.15, 0.2) is 0 Å². The highest BCUT2D eigenvalue weighted by Gasteiger charge is 2.08. The molecule has 0 saturated carbocycles. The second-order valence-electron chi connectivity index (χ2n) is 5.05. The van der Waals surface area contributed by atoms with Gasteiger partial charge in [-0.2, -0.15) is 5.10 Å². The summed E-state index contributed by atoms with van der Waals surface area (Å²) >= 11 is 0. The van der Waals surface area contributed by atoms with Crippen LogP contribution in [0.3, 0.4) is 0 Å². The van der Waals surface area contributed by atoms with Gasteiger partial charge < -0.3 is 10.4 Å². The van der Waals surface area contributed by atoms with E-state index in [1.165, 1.54) is 6.08 Å². The number of hydrogen-bond acceptors (Lipinski definition) is 3. The molecule has 1 heterocycles. The number of carbonyl (C=O) groups is 1. The molecule has 0 bridgehead atoms. The fourth-order valence-corrected chi connectivity index (χ4v) is 2.09. The molecule has 5 nitrogen and oxygen atoms in total. The van der Waals surface area contributed by atoms with Gasteiger partial charge in [0.25, 0.3) is 0 Å². The Morgan fingerprint density at radius 3 is 2.85 bits per heavy atom. The Kier molecular flexibility index (Phi) is 7.01. The van der Waals surface area contributed by atoms with Crippen LogP contribution in [-0.2, 0) is 11.8 Å². The molecule has 0 spiro atoms. The minimum absolute atomic E-state index is 0.104. The van der Waals surface area contributed by atoms with Crippen molar-refractivity contribution in [2.75, 3.05) is 13.2 Å². The summed E-state index contributed by atoms with van der Waals surface area (Å²) in [5.74, 6) is 0.245. The Bertz CT molecular complexity index is 446. The van der Waals surface area contributed by atoms with Crippen molar-refractivity contribution in [1.29, 1.82) is 0 Å². The lowest BCUT2D eigenvalue weighted by Gasteiger charge is -2.14. The summed E-state index contributed by atoms with van der Waals surface area (Å²) in [5.41, 5.74) is 1.97. The third kappa shape index (κ3) is 5.17. The van der Waals surface area contributed by atoms with E-state index in [1.54, 1.807) is 17.0 Å². The fraction of sp³-hybridized carbons (Fsp3) is 0.600. The van der Waals surface area contributed by atoms with Crippen LogP contribution >= 0.6 is 0 Å². The molecule has 0 aromatic carbocycles. The van der Waals surface area contributed by atoms with E-state index in [0.29, 0.717) is 12.5 Å². The van der Waals surface area contributed by atoms with E-state index in [-0.39, 0.29) is 12.5 Å². The normalized spacial score (nSPS) is 12.8. The van der Waals surface area contributed by atoms with Crippen LogP contribution < -0.4 is 5.32 Å². The van der Waals surface area contributed by atoms with Crippen LogP contribution in [0.1, 0.15) is 37.4 Å². The van der Waals surface area contributed by atoms with Crippen LogP contribution in [0.5, 0.6) is 0 Å². The van der Waals surface area contributed by atoms with Crippen molar-refractivity contribution in [3.63, 3.8) is 0 Å². The summed E-state index contributed by atoms with van der Waals surface area (Å²) in [6.07, 6.45) is 7.87. The number of amides is 1. The highest BCUT2D eigenvalue weighted by atomic mass is 16.3. The minimum Gasteiger partial charge on any atom is -0.396 e. The highest BCUT2D eigenvalue weighted by Crippen LogP contribution is 2.10. The lowest BCUT2D eigenvalue weighted by molar-refractivity contribution is -0.116. The maximum Gasteiger partial charge on any atom is 0.244 e. The largest absolute Gasteiger partial charge is 0.396 e. The topological polar surface area (TPSA) is 67.2 Å². The van der Waals surface area contributed by atoms with Gasteiger partial charge in [-0.1, -0.05) is 13.3 Å². The highest BCUT2D eigenvalue weighted by molar-refractivity contribution is 5.91. The Labute approximate surface area is 120 Å². The first-order valence-corrected chi connectivity index (χ1v) is 7.13. The van der Waals surface area contributed by atoms with Crippen LogP contribution in [0.4, 0.5) is 0 Å². The van der Waals surface area contributed by atoms with Crippen LogP contribution in [0.15, 0.2) is 12.3 Å². The third-order valence-electron chi connectivity index (χ3n) is 3.49. The van der Waals surface area contributed by atoms with E-state index < -0.39 is 0 Å². The smallest absolute Gasteiger partial charge is 0.244 e. The summed E-state index contributed by atoms with van der Waals surface area (Å²) in [5, 5.41) is 16.0. The maximum atomic E-state index is 11.8. The Balaban J connectivity index is 2.44. The fourth-order valence-electron chi connectivity index (χ4n) is 2.09.